The highest BCUT2D eigenvalue weighted by molar-refractivity contribution is 8.44. The number of alkyl halides is 2. The van der Waals surface area contributed by atoms with E-state index in [-0.39, 0.29) is 40.3 Å². The molecule has 0 amide bonds. The Morgan fingerprint density at radius 3 is 2.46 bits per heavy atom. The summed E-state index contributed by atoms with van der Waals surface area (Å²) in [5.41, 5.74) is 5.76. The van der Waals surface area contributed by atoms with Gasteiger partial charge in [-0.2, -0.15) is 0 Å². The molecule has 3 fully saturated rings. The van der Waals surface area contributed by atoms with Crippen molar-refractivity contribution in [3.8, 4) is 0 Å². The third-order valence-electron chi connectivity index (χ3n) is 8.11. The summed E-state index contributed by atoms with van der Waals surface area (Å²) in [4.78, 5) is 35.6. The van der Waals surface area contributed by atoms with Gasteiger partial charge in [0.15, 0.2) is 47.4 Å². The number of halogens is 2. The first-order chi connectivity index (χ1) is 22.9. The average Bonchev–Trinajstić information content (AvgIpc) is 3.85. The number of aromatic nitrogens is 9. The van der Waals surface area contributed by atoms with Crippen LogP contribution in [0.15, 0.2) is 36.2 Å². The van der Waals surface area contributed by atoms with Crippen molar-refractivity contribution >= 4 is 72.0 Å². The quantitative estimate of drug-likeness (QED) is 0.150. The van der Waals surface area contributed by atoms with Gasteiger partial charge in [-0.25, -0.2) is 42.8 Å². The molecule has 2 unspecified atom stereocenters. The number of H-pyrrole nitrogens is 1. The highest BCUT2D eigenvalue weighted by Crippen LogP contribution is 2.60. The summed E-state index contributed by atoms with van der Waals surface area (Å²) < 4.78 is 97.2. The molecule has 0 saturated carbocycles. The fourth-order valence-electron chi connectivity index (χ4n) is 5.98. The van der Waals surface area contributed by atoms with Crippen LogP contribution in [-0.2, 0) is 36.7 Å². The number of aromatic amines is 1. The Labute approximate surface area is 276 Å². The second-order valence-corrected chi connectivity index (χ2v) is 16.7. The van der Waals surface area contributed by atoms with Gasteiger partial charge >= 0.3 is 13.6 Å². The fourth-order valence-corrected chi connectivity index (χ4v) is 8.96. The van der Waals surface area contributed by atoms with Gasteiger partial charge in [0.25, 0.3) is 5.56 Å². The number of nitrogens with zero attached hydrogens (tertiary/aromatic N) is 8. The van der Waals surface area contributed by atoms with Gasteiger partial charge in [0.2, 0.25) is 5.78 Å². The number of thiol groups is 2. The number of imidazole rings is 3. The van der Waals surface area contributed by atoms with Crippen LogP contribution in [0.25, 0.3) is 28.1 Å². The molecule has 19 nitrogen and oxygen atoms in total. The van der Waals surface area contributed by atoms with Crippen molar-refractivity contribution in [3.05, 3.63) is 41.7 Å². The van der Waals surface area contributed by atoms with Gasteiger partial charge in [-0.3, -0.25) is 36.9 Å². The number of hydrogen-bond acceptors (Lipinski definition) is 15. The Kier molecular flexibility index (Phi) is 7.94. The topological polar surface area (TPSA) is 227 Å². The number of nitrogens with two attached hydrogens (primary N) is 1. The largest absolute Gasteiger partial charge is 0.386 e. The Hall–Kier alpha value is -2.98. The van der Waals surface area contributed by atoms with Gasteiger partial charge in [-0.05, 0) is 0 Å². The number of nitrogen functional groups attached to an aromatic ring is 1. The van der Waals surface area contributed by atoms with E-state index in [1.807, 2.05) is 0 Å². The summed E-state index contributed by atoms with van der Waals surface area (Å²) >= 11 is 8.07. The van der Waals surface area contributed by atoms with E-state index >= 15 is 8.78 Å². The van der Waals surface area contributed by atoms with E-state index in [4.69, 9.17) is 33.3 Å². The van der Waals surface area contributed by atoms with E-state index in [1.54, 1.807) is 6.20 Å². The molecule has 0 aromatic carbocycles. The molecule has 3 aliphatic heterocycles. The molecule has 0 aliphatic carbocycles. The van der Waals surface area contributed by atoms with Gasteiger partial charge < -0.3 is 19.7 Å². The molecule has 3 aliphatic rings. The molecule has 48 heavy (non-hydrogen) atoms. The number of rotatable bonds is 2. The van der Waals surface area contributed by atoms with E-state index in [0.29, 0.717) is 0 Å². The monoisotopic (exact) mass is 748 g/mol. The second kappa shape index (κ2) is 11.8. The molecular weight excluding hydrogens is 724 g/mol. The summed E-state index contributed by atoms with van der Waals surface area (Å²) in [6.07, 6.45) is -6.45. The van der Waals surface area contributed by atoms with Gasteiger partial charge in [-0.15, -0.1) is 0 Å². The zero-order valence-electron chi connectivity index (χ0n) is 24.0. The zero-order valence-corrected chi connectivity index (χ0v) is 27.6. The van der Waals surface area contributed by atoms with Crippen LogP contribution >= 0.6 is 38.1 Å². The number of hydrogen-bond donors (Lipinski definition) is 4. The Balaban J connectivity index is 1.13. The molecule has 3 saturated heterocycles. The van der Waals surface area contributed by atoms with Crippen molar-refractivity contribution in [2.24, 2.45) is 0 Å². The van der Waals surface area contributed by atoms with Crippen LogP contribution in [0.5, 0.6) is 0 Å². The molecule has 8 rings (SSSR count). The predicted molar refractivity (Wildman–Crippen MR) is 166 cm³/mol. The molecule has 0 radical (unpaired) electrons. The van der Waals surface area contributed by atoms with Gasteiger partial charge in [0, 0.05) is 18.8 Å². The number of anilines is 1. The van der Waals surface area contributed by atoms with Crippen LogP contribution in [0, 0.1) is 0 Å². The van der Waals surface area contributed by atoms with Crippen molar-refractivity contribution in [1.82, 2.24) is 43.4 Å². The Morgan fingerprint density at radius 1 is 0.896 bits per heavy atom. The van der Waals surface area contributed by atoms with Gasteiger partial charge in [0.05, 0.1) is 32.0 Å². The molecule has 10 atom stereocenters. The lowest BCUT2D eigenvalue weighted by Gasteiger charge is -2.26. The van der Waals surface area contributed by atoms with Crippen molar-refractivity contribution in [3.63, 3.8) is 0 Å². The maximum Gasteiger partial charge on any atom is 0.386 e. The first-order valence-corrected chi connectivity index (χ1v) is 19.6. The van der Waals surface area contributed by atoms with E-state index in [0.717, 1.165) is 6.33 Å². The molecule has 25 heteroatoms. The molecule has 0 spiro atoms. The summed E-state index contributed by atoms with van der Waals surface area (Å²) in [6.45, 7) is -9.95. The van der Waals surface area contributed by atoms with E-state index in [9.17, 15) is 13.9 Å². The van der Waals surface area contributed by atoms with E-state index < -0.39 is 81.6 Å². The molecule has 8 heterocycles. The first-order valence-electron chi connectivity index (χ1n) is 14.2. The maximum absolute atomic E-state index is 16.1. The SMILES string of the molecule is Nc1ncnc2c1ncn2[C@@H]1O[C@@H]2COP(=O)(S)O[C@@H]3[C@H](F)[C@@H](CCOP(=O)(S)O[C@H]2[C@H]1F)O[C@H]3n1cnc2c(=O)[nH]c3nccn3c21. The molecule has 3 N–H and O–H groups in total. The van der Waals surface area contributed by atoms with Crippen LogP contribution in [0.1, 0.15) is 18.9 Å². The average molecular weight is 749 g/mol. The summed E-state index contributed by atoms with van der Waals surface area (Å²) in [6, 6.07) is 0. The van der Waals surface area contributed by atoms with Gasteiger partial charge in [-0.1, -0.05) is 24.5 Å². The van der Waals surface area contributed by atoms with E-state index in [1.165, 1.54) is 32.4 Å². The Morgan fingerprint density at radius 2 is 1.62 bits per heavy atom. The lowest BCUT2D eigenvalue weighted by atomic mass is 10.1. The normalized spacial score (nSPS) is 36.5. The third kappa shape index (κ3) is 5.45. The van der Waals surface area contributed by atoms with Crippen LogP contribution < -0.4 is 11.3 Å². The molecule has 2 bridgehead atoms. The molecule has 5 aromatic heterocycles. The highest BCUT2D eigenvalue weighted by Gasteiger charge is 2.53. The molecule has 256 valence electrons. The van der Waals surface area contributed by atoms with Crippen LogP contribution in [0.3, 0.4) is 0 Å². The lowest BCUT2D eigenvalue weighted by Crippen LogP contribution is -2.34. The lowest BCUT2D eigenvalue weighted by molar-refractivity contribution is -0.0463. The highest BCUT2D eigenvalue weighted by atomic mass is 32.7. The van der Waals surface area contributed by atoms with E-state index in [2.05, 4.69) is 54.4 Å². The summed E-state index contributed by atoms with van der Waals surface area (Å²) in [5, 5.41) is 0. The predicted octanol–water partition coefficient (Wildman–Crippen LogP) is 2.55. The smallest absolute Gasteiger partial charge is 0.382 e. The number of nitrogens with one attached hydrogen (secondary N) is 1. The van der Waals surface area contributed by atoms with Crippen LogP contribution in [-0.4, -0.2) is 93.4 Å². The van der Waals surface area contributed by atoms with Crippen LogP contribution in [0.2, 0.25) is 0 Å². The number of ether oxygens (including phenoxy) is 2. The standard InChI is InChI=1S/C23H24F2N10O9P2S2/c24-11-9-1-4-39-45(37,47)43-15-10(42-21(12(15)25)34-7-30-13-17(26)28-6-29-18(13)34)5-40-46(38,48)44-16(11)22(41-9)35-8-31-14-19(36)32-23-27-2-3-33(23)20(14)35/h2-3,6-12,15-16,21-22H,1,4-5H2,(H,37,47)(H,38,48)(H2,26,28,29)(H,27,32,36)/t9-,10-,11-,12-,15-,16-,21-,22-,45?,46?/m1/s1. The maximum atomic E-state index is 16.1. The fraction of sp³-hybridized carbons (Fsp3) is 0.478. The zero-order chi connectivity index (χ0) is 33.5. The third-order valence-corrected chi connectivity index (χ3v) is 11.4. The minimum absolute atomic E-state index is 0.0195. The Bertz CT molecular complexity index is 2200. The molecule has 5 aromatic rings. The van der Waals surface area contributed by atoms with Crippen molar-refractivity contribution in [2.75, 3.05) is 18.9 Å². The van der Waals surface area contributed by atoms with Gasteiger partial charge in [0.1, 0.15) is 30.2 Å². The van der Waals surface area contributed by atoms with Crippen LogP contribution in [0.4, 0.5) is 14.6 Å². The number of fused-ring (bicyclic) bond motifs is 7. The van der Waals surface area contributed by atoms with Crippen molar-refractivity contribution in [1.29, 1.82) is 0 Å². The van der Waals surface area contributed by atoms with Crippen molar-refractivity contribution in [2.45, 2.75) is 55.6 Å². The minimum atomic E-state index is -4.50. The van der Waals surface area contributed by atoms with Crippen molar-refractivity contribution < 1.29 is 45.5 Å². The molecular formula is C23H24F2N10O9P2S2. The first kappa shape index (κ1) is 32.2. The summed E-state index contributed by atoms with van der Waals surface area (Å²) in [7, 11) is 0. The second-order valence-electron chi connectivity index (χ2n) is 11.0. The minimum Gasteiger partial charge on any atom is -0.382 e. The summed E-state index contributed by atoms with van der Waals surface area (Å²) in [5.74, 6) is 0.215.